The molecule has 13 heteroatoms. The van der Waals surface area contributed by atoms with Crippen LogP contribution in [0.4, 0.5) is 0 Å². The van der Waals surface area contributed by atoms with Crippen molar-refractivity contribution in [2.45, 2.75) is 65.3 Å². The van der Waals surface area contributed by atoms with Gasteiger partial charge in [0.25, 0.3) is 0 Å². The van der Waals surface area contributed by atoms with E-state index in [9.17, 15) is 19.2 Å². The van der Waals surface area contributed by atoms with E-state index in [0.717, 1.165) is 0 Å². The Morgan fingerprint density at radius 3 is 1.80 bits per heavy atom. The van der Waals surface area contributed by atoms with Gasteiger partial charge in [0.1, 0.15) is 18.8 Å². The van der Waals surface area contributed by atoms with Gasteiger partial charge in [-0.3, -0.25) is 19.2 Å². The molecule has 1 amide bonds. The van der Waals surface area contributed by atoms with Crippen LogP contribution >= 0.6 is 0 Å². The number of esters is 3. The van der Waals surface area contributed by atoms with Gasteiger partial charge in [-0.05, 0) is 6.92 Å². The van der Waals surface area contributed by atoms with E-state index in [4.69, 9.17) is 37.9 Å². The summed E-state index contributed by atoms with van der Waals surface area (Å²) in [6, 6.07) is -1.02. The van der Waals surface area contributed by atoms with Crippen LogP contribution in [0.3, 0.4) is 0 Å². The molecule has 0 aliphatic carbocycles. The molecule has 0 radical (unpaired) electrons. The fourth-order valence-electron chi connectivity index (χ4n) is 3.24. The van der Waals surface area contributed by atoms with E-state index in [-0.39, 0.29) is 19.8 Å². The lowest BCUT2D eigenvalue weighted by Crippen LogP contribution is -2.66. The highest BCUT2D eigenvalue weighted by Gasteiger charge is 2.51. The second kappa shape index (κ2) is 17.2. The maximum Gasteiger partial charge on any atom is 0.303 e. The minimum Gasteiger partial charge on any atom is -0.463 e. The number of hydrogen-bond donors (Lipinski definition) is 1. The van der Waals surface area contributed by atoms with E-state index in [0.29, 0.717) is 33.0 Å². The number of carbonyl (C=O) groups excluding carboxylic acids is 4. The first kappa shape index (κ1) is 30.7. The lowest BCUT2D eigenvalue weighted by Gasteiger charge is -2.44. The van der Waals surface area contributed by atoms with Crippen molar-refractivity contribution < 1.29 is 57.1 Å². The minimum atomic E-state index is -1.17. The van der Waals surface area contributed by atoms with Gasteiger partial charge in [0.15, 0.2) is 18.5 Å². The smallest absolute Gasteiger partial charge is 0.303 e. The molecule has 1 unspecified atom stereocenters. The normalized spacial score (nSPS) is 23.9. The van der Waals surface area contributed by atoms with Gasteiger partial charge >= 0.3 is 17.9 Å². The molecule has 1 rings (SSSR count). The summed E-state index contributed by atoms with van der Waals surface area (Å²) in [4.78, 5) is 46.8. The Balaban J connectivity index is 2.83. The zero-order valence-electron chi connectivity index (χ0n) is 20.9. The van der Waals surface area contributed by atoms with Gasteiger partial charge in [-0.25, -0.2) is 0 Å². The molecule has 1 aliphatic heterocycles. The molecule has 0 bridgehead atoms. The molecule has 0 aromatic rings. The van der Waals surface area contributed by atoms with E-state index in [2.05, 4.69) is 5.32 Å². The Kier molecular flexibility index (Phi) is 15.1. The molecule has 0 aromatic carbocycles. The Hall–Kier alpha value is -2.32. The van der Waals surface area contributed by atoms with Crippen LogP contribution < -0.4 is 5.32 Å². The summed E-state index contributed by atoms with van der Waals surface area (Å²) in [6.45, 7) is 8.97. The fraction of sp³-hybridized carbons (Fsp3) is 0.818. The summed E-state index contributed by atoms with van der Waals surface area (Å²) in [7, 11) is 0. The minimum absolute atomic E-state index is 0.0605. The van der Waals surface area contributed by atoms with Crippen molar-refractivity contribution in [2.24, 2.45) is 0 Å². The largest absolute Gasteiger partial charge is 0.463 e. The van der Waals surface area contributed by atoms with Gasteiger partial charge in [0.05, 0.1) is 39.6 Å². The topological polar surface area (TPSA) is 154 Å². The monoisotopic (exact) mass is 507 g/mol. The second-order valence-electron chi connectivity index (χ2n) is 7.51. The lowest BCUT2D eigenvalue weighted by atomic mass is 9.96. The van der Waals surface area contributed by atoms with Crippen LogP contribution in [-0.4, -0.2) is 107 Å². The summed E-state index contributed by atoms with van der Waals surface area (Å²) in [5.41, 5.74) is 0. The van der Waals surface area contributed by atoms with Gasteiger partial charge in [-0.15, -0.1) is 0 Å². The summed E-state index contributed by atoms with van der Waals surface area (Å²) >= 11 is 0. The van der Waals surface area contributed by atoms with Crippen molar-refractivity contribution in [3.63, 3.8) is 0 Å². The molecule has 1 fully saturated rings. The average molecular weight is 508 g/mol. The third kappa shape index (κ3) is 12.8. The zero-order chi connectivity index (χ0) is 26.2. The second-order valence-corrected chi connectivity index (χ2v) is 7.51. The van der Waals surface area contributed by atoms with Crippen LogP contribution in [0.15, 0.2) is 0 Å². The highest BCUT2D eigenvalue weighted by molar-refractivity contribution is 5.73. The summed E-state index contributed by atoms with van der Waals surface area (Å²) < 4.78 is 43.4. The number of carbonyl (C=O) groups is 4. The van der Waals surface area contributed by atoms with Crippen LogP contribution in [0.2, 0.25) is 0 Å². The number of nitrogens with one attached hydrogen (secondary N) is 1. The SMILES string of the molecule is CCOCCOCCOCCOC1O[C@H](COC(C)=O)[C@H](OC(C)=O)[C@H](OC(C)=O)[C@H]1NC(C)=O. The highest BCUT2D eigenvalue weighted by atomic mass is 16.7. The first-order valence-electron chi connectivity index (χ1n) is 11.4. The maximum absolute atomic E-state index is 11.9. The molecule has 1 heterocycles. The number of ether oxygens (including phenoxy) is 8. The molecule has 0 saturated carbocycles. The Labute approximate surface area is 205 Å². The fourth-order valence-corrected chi connectivity index (χ4v) is 3.24. The van der Waals surface area contributed by atoms with Gasteiger partial charge in [0.2, 0.25) is 5.91 Å². The molecule has 0 aromatic heterocycles. The molecule has 13 nitrogen and oxygen atoms in total. The molecule has 0 spiro atoms. The molecule has 35 heavy (non-hydrogen) atoms. The summed E-state index contributed by atoms with van der Waals surface area (Å²) in [5.74, 6) is -2.40. The predicted molar refractivity (Wildman–Crippen MR) is 118 cm³/mol. The third-order valence-corrected chi connectivity index (χ3v) is 4.53. The average Bonchev–Trinajstić information content (AvgIpc) is 2.76. The first-order valence-corrected chi connectivity index (χ1v) is 11.4. The summed E-state index contributed by atoms with van der Waals surface area (Å²) in [6.07, 6.45) is -4.49. The van der Waals surface area contributed by atoms with E-state index >= 15 is 0 Å². The van der Waals surface area contributed by atoms with Crippen LogP contribution in [-0.2, 0) is 57.1 Å². The van der Waals surface area contributed by atoms with E-state index in [1.54, 1.807) is 0 Å². The van der Waals surface area contributed by atoms with Crippen molar-refractivity contribution in [3.05, 3.63) is 0 Å². The van der Waals surface area contributed by atoms with Crippen LogP contribution in [0.5, 0.6) is 0 Å². The summed E-state index contributed by atoms with van der Waals surface area (Å²) in [5, 5.41) is 2.62. The molecular formula is C22H37NO12. The standard InChI is InChI=1S/C22H37NO12/c1-6-28-7-8-29-9-10-30-11-12-31-22-19(23-14(2)24)21(34-17(5)27)20(33-16(4)26)18(35-22)13-32-15(3)25/h18-22H,6-13H2,1-5H3,(H,23,24)/t18-,19-,20+,21-,22?/m1/s1. The van der Waals surface area contributed by atoms with Gasteiger partial charge in [-0.2, -0.15) is 0 Å². The first-order chi connectivity index (χ1) is 16.6. The van der Waals surface area contributed by atoms with Crippen molar-refractivity contribution in [1.29, 1.82) is 0 Å². The molecule has 1 aliphatic rings. The van der Waals surface area contributed by atoms with Gasteiger partial charge in [0, 0.05) is 34.3 Å². The van der Waals surface area contributed by atoms with Crippen LogP contribution in [0, 0.1) is 0 Å². The van der Waals surface area contributed by atoms with Crippen molar-refractivity contribution in [2.75, 3.05) is 52.9 Å². The van der Waals surface area contributed by atoms with Crippen molar-refractivity contribution in [1.82, 2.24) is 5.32 Å². The zero-order valence-corrected chi connectivity index (χ0v) is 20.9. The lowest BCUT2D eigenvalue weighted by molar-refractivity contribution is -0.279. The van der Waals surface area contributed by atoms with E-state index in [1.807, 2.05) is 6.92 Å². The van der Waals surface area contributed by atoms with Crippen molar-refractivity contribution >= 4 is 23.8 Å². The van der Waals surface area contributed by atoms with Crippen molar-refractivity contribution in [3.8, 4) is 0 Å². The van der Waals surface area contributed by atoms with E-state index in [1.165, 1.54) is 27.7 Å². The van der Waals surface area contributed by atoms with E-state index < -0.39 is 54.5 Å². The number of rotatable bonds is 16. The Bertz CT molecular complexity index is 673. The number of amides is 1. The van der Waals surface area contributed by atoms with Crippen LogP contribution in [0.25, 0.3) is 0 Å². The molecular weight excluding hydrogens is 470 g/mol. The maximum atomic E-state index is 11.9. The molecule has 1 saturated heterocycles. The molecule has 202 valence electrons. The van der Waals surface area contributed by atoms with Crippen LogP contribution in [0.1, 0.15) is 34.6 Å². The molecule has 1 N–H and O–H groups in total. The highest BCUT2D eigenvalue weighted by Crippen LogP contribution is 2.28. The Morgan fingerprint density at radius 2 is 1.29 bits per heavy atom. The molecule has 5 atom stereocenters. The number of hydrogen-bond acceptors (Lipinski definition) is 12. The van der Waals surface area contributed by atoms with Gasteiger partial charge < -0.3 is 43.2 Å². The predicted octanol–water partition coefficient (Wildman–Crippen LogP) is -0.271. The third-order valence-electron chi connectivity index (χ3n) is 4.53. The van der Waals surface area contributed by atoms with Gasteiger partial charge in [-0.1, -0.05) is 0 Å². The Morgan fingerprint density at radius 1 is 0.743 bits per heavy atom. The quantitative estimate of drug-likeness (QED) is 0.166.